The van der Waals surface area contributed by atoms with Crippen molar-refractivity contribution in [3.63, 3.8) is 0 Å². The Bertz CT molecular complexity index is 529. The minimum Gasteiger partial charge on any atom is -0.478 e. The van der Waals surface area contributed by atoms with E-state index in [2.05, 4.69) is 17.2 Å². The number of aromatic carboxylic acids is 1. The van der Waals surface area contributed by atoms with E-state index in [1.165, 1.54) is 19.1 Å². The first-order valence-electron chi connectivity index (χ1n) is 5.27. The van der Waals surface area contributed by atoms with E-state index in [1.54, 1.807) is 0 Å². The third-order valence-corrected chi connectivity index (χ3v) is 2.05. The maximum atomic E-state index is 13.1. The summed E-state index contributed by atoms with van der Waals surface area (Å²) in [6.07, 6.45) is 0.444. The van der Waals surface area contributed by atoms with Crippen LogP contribution in [0.25, 0.3) is 0 Å². The normalized spacial score (nSPS) is 9.22. The summed E-state index contributed by atoms with van der Waals surface area (Å²) in [5.74, 6) is 3.23. The molecular weight excluding hydrogens is 237 g/mol. The molecule has 0 aliphatic rings. The number of amides is 1. The Hall–Kier alpha value is -2.35. The minimum absolute atomic E-state index is 0.133. The molecule has 0 fully saturated rings. The van der Waals surface area contributed by atoms with E-state index in [9.17, 15) is 14.0 Å². The summed E-state index contributed by atoms with van der Waals surface area (Å²) in [7, 11) is 0. The van der Waals surface area contributed by atoms with E-state index in [1.807, 2.05) is 0 Å². The van der Waals surface area contributed by atoms with Crippen molar-refractivity contribution in [1.29, 1.82) is 0 Å². The van der Waals surface area contributed by atoms with Gasteiger partial charge in [0, 0.05) is 25.5 Å². The molecule has 0 unspecified atom stereocenters. The molecule has 0 saturated heterocycles. The molecule has 4 nitrogen and oxygen atoms in total. The molecule has 0 bridgehead atoms. The Morgan fingerprint density at radius 1 is 1.44 bits per heavy atom. The van der Waals surface area contributed by atoms with Crippen LogP contribution in [0.5, 0.6) is 0 Å². The van der Waals surface area contributed by atoms with Gasteiger partial charge in [-0.1, -0.05) is 11.8 Å². The predicted octanol–water partition coefficient (Wildman–Crippen LogP) is 1.40. The quantitative estimate of drug-likeness (QED) is 0.628. The largest absolute Gasteiger partial charge is 0.478 e. The van der Waals surface area contributed by atoms with E-state index in [4.69, 9.17) is 5.11 Å². The van der Waals surface area contributed by atoms with Gasteiger partial charge in [-0.3, -0.25) is 4.79 Å². The van der Waals surface area contributed by atoms with E-state index in [0.717, 1.165) is 6.07 Å². The SMILES string of the molecule is CC(=O)NCCC#Cc1ccc(F)c(C(=O)O)c1. The van der Waals surface area contributed by atoms with Crippen molar-refractivity contribution in [3.8, 4) is 11.8 Å². The molecule has 2 N–H and O–H groups in total. The summed E-state index contributed by atoms with van der Waals surface area (Å²) in [4.78, 5) is 21.3. The summed E-state index contributed by atoms with van der Waals surface area (Å²) in [5.41, 5.74) is 0.0280. The summed E-state index contributed by atoms with van der Waals surface area (Å²) < 4.78 is 13.1. The molecule has 0 aliphatic heterocycles. The van der Waals surface area contributed by atoms with Crippen LogP contribution in [0.4, 0.5) is 4.39 Å². The highest BCUT2D eigenvalue weighted by Gasteiger charge is 2.09. The first kappa shape index (κ1) is 13.7. The van der Waals surface area contributed by atoms with Crippen LogP contribution in [-0.4, -0.2) is 23.5 Å². The summed E-state index contributed by atoms with van der Waals surface area (Å²) in [5, 5.41) is 11.3. The van der Waals surface area contributed by atoms with Gasteiger partial charge in [-0.05, 0) is 18.2 Å². The molecular formula is C13H12FNO3. The van der Waals surface area contributed by atoms with Gasteiger partial charge in [-0.25, -0.2) is 9.18 Å². The smallest absolute Gasteiger partial charge is 0.338 e. The molecule has 1 amide bonds. The maximum absolute atomic E-state index is 13.1. The number of halogens is 1. The molecule has 0 heterocycles. The lowest BCUT2D eigenvalue weighted by atomic mass is 10.1. The molecule has 1 aromatic carbocycles. The van der Waals surface area contributed by atoms with Crippen molar-refractivity contribution in [2.45, 2.75) is 13.3 Å². The molecule has 0 atom stereocenters. The summed E-state index contributed by atoms with van der Waals surface area (Å²) in [6, 6.07) is 3.66. The van der Waals surface area contributed by atoms with E-state index in [-0.39, 0.29) is 5.91 Å². The maximum Gasteiger partial charge on any atom is 0.338 e. The fourth-order valence-electron chi connectivity index (χ4n) is 1.23. The van der Waals surface area contributed by atoms with Crippen molar-refractivity contribution in [1.82, 2.24) is 5.32 Å². The van der Waals surface area contributed by atoms with Crippen molar-refractivity contribution in [3.05, 3.63) is 35.1 Å². The van der Waals surface area contributed by atoms with Crippen LogP contribution in [0.2, 0.25) is 0 Å². The zero-order chi connectivity index (χ0) is 13.5. The van der Waals surface area contributed by atoms with Crippen LogP contribution < -0.4 is 5.32 Å². The van der Waals surface area contributed by atoms with Crippen molar-refractivity contribution >= 4 is 11.9 Å². The number of rotatable bonds is 3. The van der Waals surface area contributed by atoms with Crippen LogP contribution >= 0.6 is 0 Å². The standard InChI is InChI=1S/C13H12FNO3/c1-9(16)15-7-3-2-4-10-5-6-12(14)11(8-10)13(17)18/h5-6,8H,3,7H2,1H3,(H,15,16)(H,17,18). The molecule has 1 aromatic rings. The highest BCUT2D eigenvalue weighted by molar-refractivity contribution is 5.88. The summed E-state index contributed by atoms with van der Waals surface area (Å²) in [6.45, 7) is 1.84. The Labute approximate surface area is 104 Å². The zero-order valence-electron chi connectivity index (χ0n) is 9.79. The number of benzene rings is 1. The fourth-order valence-corrected chi connectivity index (χ4v) is 1.23. The molecule has 1 rings (SSSR count). The number of carbonyl (C=O) groups excluding carboxylic acids is 1. The van der Waals surface area contributed by atoms with Crippen LogP contribution in [-0.2, 0) is 4.79 Å². The van der Waals surface area contributed by atoms with Crippen LogP contribution in [0.15, 0.2) is 18.2 Å². The monoisotopic (exact) mass is 249 g/mol. The number of carboxylic acids is 1. The van der Waals surface area contributed by atoms with Crippen LogP contribution in [0.1, 0.15) is 29.3 Å². The van der Waals surface area contributed by atoms with E-state index in [0.29, 0.717) is 18.5 Å². The predicted molar refractivity (Wildman–Crippen MR) is 63.5 cm³/mol. The van der Waals surface area contributed by atoms with Gasteiger partial charge in [-0.15, -0.1) is 0 Å². The molecule has 18 heavy (non-hydrogen) atoms. The minimum atomic E-state index is -1.32. The second-order valence-corrected chi connectivity index (χ2v) is 3.53. The lowest BCUT2D eigenvalue weighted by Crippen LogP contribution is -2.20. The van der Waals surface area contributed by atoms with Gasteiger partial charge in [0.15, 0.2) is 0 Å². The Kier molecular flexibility index (Phi) is 4.88. The van der Waals surface area contributed by atoms with E-state index < -0.39 is 17.3 Å². The van der Waals surface area contributed by atoms with Gasteiger partial charge < -0.3 is 10.4 Å². The first-order valence-corrected chi connectivity index (χ1v) is 5.27. The van der Waals surface area contributed by atoms with Crippen molar-refractivity contribution in [2.24, 2.45) is 0 Å². The second-order valence-electron chi connectivity index (χ2n) is 3.53. The fraction of sp³-hybridized carbons (Fsp3) is 0.231. The molecule has 0 saturated carbocycles. The zero-order valence-corrected chi connectivity index (χ0v) is 9.79. The Morgan fingerprint density at radius 2 is 2.17 bits per heavy atom. The topological polar surface area (TPSA) is 66.4 Å². The van der Waals surface area contributed by atoms with Crippen LogP contribution in [0.3, 0.4) is 0 Å². The summed E-state index contributed by atoms with van der Waals surface area (Å²) >= 11 is 0. The van der Waals surface area contributed by atoms with Gasteiger partial charge in [0.1, 0.15) is 5.82 Å². The third-order valence-electron chi connectivity index (χ3n) is 2.05. The average Bonchev–Trinajstić information content (AvgIpc) is 2.30. The Morgan fingerprint density at radius 3 is 2.78 bits per heavy atom. The number of carbonyl (C=O) groups is 2. The lowest BCUT2D eigenvalue weighted by Gasteiger charge is -1.98. The highest BCUT2D eigenvalue weighted by Crippen LogP contribution is 2.09. The van der Waals surface area contributed by atoms with Crippen LogP contribution in [0, 0.1) is 17.7 Å². The van der Waals surface area contributed by atoms with Crippen molar-refractivity contribution in [2.75, 3.05) is 6.54 Å². The molecule has 0 aromatic heterocycles. The highest BCUT2D eigenvalue weighted by atomic mass is 19.1. The number of hydrogen-bond acceptors (Lipinski definition) is 2. The number of carboxylic acid groups (broad SMARTS) is 1. The Balaban J connectivity index is 2.68. The van der Waals surface area contributed by atoms with Gasteiger partial charge in [-0.2, -0.15) is 0 Å². The number of hydrogen-bond donors (Lipinski definition) is 2. The van der Waals surface area contributed by atoms with Crippen molar-refractivity contribution < 1.29 is 19.1 Å². The molecule has 0 aliphatic carbocycles. The lowest BCUT2D eigenvalue weighted by molar-refractivity contribution is -0.118. The van der Waals surface area contributed by atoms with Gasteiger partial charge >= 0.3 is 5.97 Å². The van der Waals surface area contributed by atoms with Gasteiger partial charge in [0.2, 0.25) is 5.91 Å². The second kappa shape index (κ2) is 6.40. The molecule has 0 radical (unpaired) electrons. The third kappa shape index (κ3) is 4.26. The average molecular weight is 249 g/mol. The molecule has 0 spiro atoms. The van der Waals surface area contributed by atoms with Gasteiger partial charge in [0.25, 0.3) is 0 Å². The first-order chi connectivity index (χ1) is 8.50. The van der Waals surface area contributed by atoms with E-state index >= 15 is 0 Å². The number of nitrogens with one attached hydrogen (secondary N) is 1. The van der Waals surface area contributed by atoms with Gasteiger partial charge in [0.05, 0.1) is 5.56 Å². The molecule has 5 heteroatoms. The molecule has 94 valence electrons.